The molecule has 2 aromatic rings. The lowest BCUT2D eigenvalue weighted by atomic mass is 9.77. The summed E-state index contributed by atoms with van der Waals surface area (Å²) in [7, 11) is 1.70. The summed E-state index contributed by atoms with van der Waals surface area (Å²) in [5, 5.41) is 0. The summed E-state index contributed by atoms with van der Waals surface area (Å²) in [6.07, 6.45) is 2.53. The molecule has 246 valence electrons. The van der Waals surface area contributed by atoms with Crippen LogP contribution in [-0.4, -0.2) is 73.5 Å². The van der Waals surface area contributed by atoms with Crippen molar-refractivity contribution in [3.05, 3.63) is 76.4 Å². The van der Waals surface area contributed by atoms with Crippen molar-refractivity contribution >= 4 is 23.7 Å². The van der Waals surface area contributed by atoms with Gasteiger partial charge in [-0.1, -0.05) is 30.3 Å². The first-order chi connectivity index (χ1) is 22.0. The molecule has 4 aliphatic rings. The van der Waals surface area contributed by atoms with Crippen molar-refractivity contribution in [2.45, 2.75) is 57.9 Å². The Hall–Kier alpha value is -3.50. The van der Waals surface area contributed by atoms with E-state index in [0.29, 0.717) is 56.2 Å². The number of nitrogens with zero attached hydrogens (tertiary/aromatic N) is 2. The van der Waals surface area contributed by atoms with Gasteiger partial charge in [0.05, 0.1) is 23.7 Å². The number of hydrogen-bond donors (Lipinski definition) is 0. The van der Waals surface area contributed by atoms with Crippen molar-refractivity contribution in [1.29, 1.82) is 0 Å². The van der Waals surface area contributed by atoms with E-state index in [9.17, 15) is 27.6 Å². The molecule has 2 saturated heterocycles. The fourth-order valence-corrected chi connectivity index (χ4v) is 8.22. The molecule has 3 fully saturated rings. The largest absolute Gasteiger partial charge is 0.416 e. The minimum atomic E-state index is -4.46. The highest BCUT2D eigenvalue weighted by molar-refractivity contribution is 5.95. The first-order valence-corrected chi connectivity index (χ1v) is 16.1. The van der Waals surface area contributed by atoms with Gasteiger partial charge in [-0.3, -0.25) is 14.4 Å². The number of amides is 2. The number of alkyl halides is 3. The normalized spacial score (nSPS) is 27.9. The molecule has 5 atom stereocenters. The molecule has 46 heavy (non-hydrogen) atoms. The van der Waals surface area contributed by atoms with E-state index in [1.54, 1.807) is 47.3 Å². The number of carbonyl (C=O) groups is 3. The predicted molar refractivity (Wildman–Crippen MR) is 166 cm³/mol. The molecule has 0 spiro atoms. The van der Waals surface area contributed by atoms with E-state index < -0.39 is 17.2 Å². The number of Topliss-reactive ketones (excluding diaryl/α,β-unsaturated/α-hetero) is 1. The Bertz CT molecular complexity index is 1510. The third kappa shape index (κ3) is 6.51. The summed E-state index contributed by atoms with van der Waals surface area (Å²) < 4.78 is 51.9. The number of benzene rings is 2. The zero-order valence-corrected chi connectivity index (χ0v) is 26.4. The van der Waals surface area contributed by atoms with Crippen LogP contribution in [0.25, 0.3) is 6.08 Å². The van der Waals surface area contributed by atoms with Gasteiger partial charge in [0.1, 0.15) is 0 Å². The number of rotatable bonds is 7. The standard InChI is InChI=1S/C36H41F3N2O5/c1-23(42)26-6-3-24(4-7-26)5-10-33(43)41-20-31-16-25(15-28-12-14-46-21-32(28)45-2)18-35(31,22-41)34(44)40-13-11-27-8-9-30(36(37,38)39)17-29(27)19-40/h3-10,17,25,28,31-32H,11-16,18-22H2,1-2H3/b10-5+/t25-,28?,31+,32?,35+/m1/s1. The summed E-state index contributed by atoms with van der Waals surface area (Å²) in [5.74, 6) is 0.287. The van der Waals surface area contributed by atoms with E-state index in [-0.39, 0.29) is 48.6 Å². The Labute approximate surface area is 267 Å². The lowest BCUT2D eigenvalue weighted by Gasteiger charge is -2.38. The van der Waals surface area contributed by atoms with E-state index in [0.717, 1.165) is 36.5 Å². The van der Waals surface area contributed by atoms with Gasteiger partial charge in [0.25, 0.3) is 0 Å². The van der Waals surface area contributed by atoms with Crippen molar-refractivity contribution < 1.29 is 37.0 Å². The smallest absolute Gasteiger partial charge is 0.379 e. The van der Waals surface area contributed by atoms with Gasteiger partial charge in [0, 0.05) is 51.5 Å². The number of fused-ring (bicyclic) bond motifs is 2. The molecule has 10 heteroatoms. The molecule has 3 aliphatic heterocycles. The maximum Gasteiger partial charge on any atom is 0.416 e. The van der Waals surface area contributed by atoms with Crippen LogP contribution in [0.4, 0.5) is 13.2 Å². The minimum absolute atomic E-state index is 0.00925. The van der Waals surface area contributed by atoms with Gasteiger partial charge in [0.2, 0.25) is 11.8 Å². The molecule has 7 nitrogen and oxygen atoms in total. The maximum absolute atomic E-state index is 14.6. The zero-order chi connectivity index (χ0) is 32.6. The molecule has 1 saturated carbocycles. The van der Waals surface area contributed by atoms with Gasteiger partial charge in [-0.15, -0.1) is 0 Å². The van der Waals surface area contributed by atoms with Gasteiger partial charge in [0.15, 0.2) is 5.78 Å². The number of carbonyl (C=O) groups excluding carboxylic acids is 3. The van der Waals surface area contributed by atoms with Crippen molar-refractivity contribution in [2.24, 2.45) is 23.2 Å². The fraction of sp³-hybridized carbons (Fsp3) is 0.528. The number of hydrogen-bond acceptors (Lipinski definition) is 5. The molecular weight excluding hydrogens is 597 g/mol. The Balaban J connectivity index is 1.22. The number of methoxy groups -OCH3 is 1. The summed E-state index contributed by atoms with van der Waals surface area (Å²) in [6, 6.07) is 10.8. The van der Waals surface area contributed by atoms with Crippen molar-refractivity contribution in [3.63, 3.8) is 0 Å². The van der Waals surface area contributed by atoms with E-state index >= 15 is 0 Å². The topological polar surface area (TPSA) is 76.1 Å². The van der Waals surface area contributed by atoms with E-state index in [4.69, 9.17) is 9.47 Å². The number of halogens is 3. The van der Waals surface area contributed by atoms with Gasteiger partial charge in [-0.2, -0.15) is 13.2 Å². The summed E-state index contributed by atoms with van der Waals surface area (Å²) in [6.45, 7) is 4.05. The molecule has 1 aliphatic carbocycles. The Morgan fingerprint density at radius 1 is 1.09 bits per heavy atom. The third-order valence-corrected chi connectivity index (χ3v) is 10.7. The van der Waals surface area contributed by atoms with Gasteiger partial charge < -0.3 is 19.3 Å². The second kappa shape index (κ2) is 13.0. The van der Waals surface area contributed by atoms with Crippen LogP contribution in [0.1, 0.15) is 65.2 Å². The first kappa shape index (κ1) is 32.4. The van der Waals surface area contributed by atoms with E-state index in [1.165, 1.54) is 25.1 Å². The van der Waals surface area contributed by atoms with E-state index in [2.05, 4.69) is 0 Å². The van der Waals surface area contributed by atoms with Crippen LogP contribution in [0, 0.1) is 23.2 Å². The molecule has 2 unspecified atom stereocenters. The molecular formula is C36H41F3N2O5. The molecule has 0 aromatic heterocycles. The van der Waals surface area contributed by atoms with Crippen LogP contribution >= 0.6 is 0 Å². The molecule has 3 heterocycles. The van der Waals surface area contributed by atoms with Crippen LogP contribution in [0.2, 0.25) is 0 Å². The van der Waals surface area contributed by atoms with Crippen LogP contribution < -0.4 is 0 Å². The lowest BCUT2D eigenvalue weighted by molar-refractivity contribution is -0.144. The highest BCUT2D eigenvalue weighted by Crippen LogP contribution is 2.54. The second-order valence-corrected chi connectivity index (χ2v) is 13.5. The summed E-state index contributed by atoms with van der Waals surface area (Å²) in [4.78, 5) is 43.1. The van der Waals surface area contributed by atoms with Crippen molar-refractivity contribution in [3.8, 4) is 0 Å². The first-order valence-electron chi connectivity index (χ1n) is 16.1. The van der Waals surface area contributed by atoms with Crippen LogP contribution in [0.5, 0.6) is 0 Å². The molecule has 6 rings (SSSR count). The number of ether oxygens (including phenoxy) is 2. The average Bonchev–Trinajstić information content (AvgIpc) is 3.58. The second-order valence-electron chi connectivity index (χ2n) is 13.5. The Morgan fingerprint density at radius 3 is 2.59 bits per heavy atom. The molecule has 0 N–H and O–H groups in total. The van der Waals surface area contributed by atoms with Gasteiger partial charge in [-0.05, 0) is 91.7 Å². The third-order valence-electron chi connectivity index (χ3n) is 10.7. The molecule has 0 radical (unpaired) electrons. The summed E-state index contributed by atoms with van der Waals surface area (Å²) in [5.41, 5.74) is 1.26. The quantitative estimate of drug-likeness (QED) is 0.283. The Kier molecular flexibility index (Phi) is 9.13. The van der Waals surface area contributed by atoms with Gasteiger partial charge >= 0.3 is 6.18 Å². The maximum atomic E-state index is 14.6. The molecule has 0 bridgehead atoms. The zero-order valence-electron chi connectivity index (χ0n) is 26.4. The molecule has 2 aromatic carbocycles. The monoisotopic (exact) mass is 638 g/mol. The average molecular weight is 639 g/mol. The molecule has 2 amide bonds. The Morgan fingerprint density at radius 2 is 1.87 bits per heavy atom. The highest BCUT2D eigenvalue weighted by Gasteiger charge is 2.59. The highest BCUT2D eigenvalue weighted by atomic mass is 19.4. The fourth-order valence-electron chi connectivity index (χ4n) is 8.22. The lowest BCUT2D eigenvalue weighted by Crippen LogP contribution is -2.49. The van der Waals surface area contributed by atoms with Crippen molar-refractivity contribution in [2.75, 3.05) is 40.0 Å². The van der Waals surface area contributed by atoms with Crippen LogP contribution in [0.3, 0.4) is 0 Å². The minimum Gasteiger partial charge on any atom is -0.379 e. The van der Waals surface area contributed by atoms with E-state index in [1.807, 2.05) is 0 Å². The number of ketones is 1. The van der Waals surface area contributed by atoms with Crippen LogP contribution in [0.15, 0.2) is 48.5 Å². The predicted octanol–water partition coefficient (Wildman–Crippen LogP) is 5.80. The van der Waals surface area contributed by atoms with Crippen LogP contribution in [-0.2, 0) is 38.2 Å². The van der Waals surface area contributed by atoms with Gasteiger partial charge in [-0.25, -0.2) is 0 Å². The SMILES string of the molecule is COC1COCCC1C[C@@H]1C[C@H]2CN(C(=O)/C=C/c3ccc(C(C)=O)cc3)C[C@@]2(C(=O)N2CCc3ccc(C(F)(F)F)cc3C2)C1. The number of likely N-dealkylation sites (tertiary alicyclic amines) is 1. The van der Waals surface area contributed by atoms with Crippen molar-refractivity contribution in [1.82, 2.24) is 9.80 Å². The summed E-state index contributed by atoms with van der Waals surface area (Å²) >= 11 is 0.